The summed E-state index contributed by atoms with van der Waals surface area (Å²) in [6.45, 7) is 7.10. The highest BCUT2D eigenvalue weighted by Gasteiger charge is 2.21. The average Bonchev–Trinajstić information content (AvgIpc) is 2.75. The number of carbonyl (C=O) groups excluding carboxylic acids is 1. The second-order valence-electron chi connectivity index (χ2n) is 6.73. The zero-order valence-corrected chi connectivity index (χ0v) is 16.3. The quantitative estimate of drug-likeness (QED) is 0.753. The first-order valence-corrected chi connectivity index (χ1v) is 9.68. The predicted molar refractivity (Wildman–Crippen MR) is 111 cm³/mol. The van der Waals surface area contributed by atoms with Crippen molar-refractivity contribution in [1.82, 2.24) is 4.90 Å². The minimum atomic E-state index is 0.249. The number of carbonyl (C=O) groups is 1. The van der Waals surface area contributed by atoms with Crippen LogP contribution in [0.4, 0.5) is 11.4 Å². The molecule has 27 heavy (non-hydrogen) atoms. The van der Waals surface area contributed by atoms with E-state index in [0.29, 0.717) is 6.42 Å². The van der Waals surface area contributed by atoms with Gasteiger partial charge in [-0.2, -0.15) is 0 Å². The first kappa shape index (κ1) is 19.1. The highest BCUT2D eigenvalue weighted by Crippen LogP contribution is 2.21. The summed E-state index contributed by atoms with van der Waals surface area (Å²) in [5.41, 5.74) is 2.36. The minimum Gasteiger partial charge on any atom is -0.497 e. The smallest absolute Gasteiger partial charge is 0.224 e. The number of rotatable bonds is 7. The van der Waals surface area contributed by atoms with Crippen molar-refractivity contribution in [3.63, 3.8) is 0 Å². The fourth-order valence-electron chi connectivity index (χ4n) is 3.50. The van der Waals surface area contributed by atoms with E-state index in [4.69, 9.17) is 4.74 Å². The lowest BCUT2D eigenvalue weighted by atomic mass is 10.2. The van der Waals surface area contributed by atoms with Crippen LogP contribution in [0.3, 0.4) is 0 Å². The third kappa shape index (κ3) is 4.94. The number of para-hydroxylation sites is 1. The minimum absolute atomic E-state index is 0.249. The number of hydrogen-bond donors (Lipinski definition) is 0. The normalized spacial score (nSPS) is 14.1. The fraction of sp³-hybridized carbons (Fsp3) is 0.409. The van der Waals surface area contributed by atoms with E-state index in [0.717, 1.165) is 45.0 Å². The summed E-state index contributed by atoms with van der Waals surface area (Å²) in [7, 11) is 1.68. The third-order valence-electron chi connectivity index (χ3n) is 5.17. The van der Waals surface area contributed by atoms with Crippen molar-refractivity contribution in [3.8, 4) is 5.75 Å². The number of piperazine rings is 1. The molecule has 5 heteroatoms. The molecule has 0 radical (unpaired) electrons. The third-order valence-corrected chi connectivity index (χ3v) is 5.17. The molecule has 3 rings (SSSR count). The molecule has 2 aromatic carbocycles. The Morgan fingerprint density at radius 2 is 1.67 bits per heavy atom. The van der Waals surface area contributed by atoms with Crippen LogP contribution in [0.15, 0.2) is 54.6 Å². The van der Waals surface area contributed by atoms with Gasteiger partial charge in [-0.3, -0.25) is 4.79 Å². The van der Waals surface area contributed by atoms with Crippen molar-refractivity contribution in [2.45, 2.75) is 13.3 Å². The van der Waals surface area contributed by atoms with Gasteiger partial charge in [0.15, 0.2) is 0 Å². The molecule has 1 fully saturated rings. The SMILES string of the molecule is CCN(CCC(=O)N1CCN(c2ccc(OC)cc2)CC1)c1ccccc1. The molecule has 0 unspecified atom stereocenters. The molecule has 1 heterocycles. The van der Waals surface area contributed by atoms with Crippen LogP contribution in [0.5, 0.6) is 5.75 Å². The van der Waals surface area contributed by atoms with Crippen molar-refractivity contribution in [2.75, 3.05) is 56.2 Å². The summed E-state index contributed by atoms with van der Waals surface area (Å²) >= 11 is 0. The van der Waals surface area contributed by atoms with E-state index in [2.05, 4.69) is 41.0 Å². The maximum atomic E-state index is 12.6. The van der Waals surface area contributed by atoms with Crippen molar-refractivity contribution in [3.05, 3.63) is 54.6 Å². The first-order valence-electron chi connectivity index (χ1n) is 9.68. The van der Waals surface area contributed by atoms with Gasteiger partial charge >= 0.3 is 0 Å². The van der Waals surface area contributed by atoms with E-state index < -0.39 is 0 Å². The fourth-order valence-corrected chi connectivity index (χ4v) is 3.50. The molecule has 0 aliphatic carbocycles. The van der Waals surface area contributed by atoms with Crippen molar-refractivity contribution < 1.29 is 9.53 Å². The number of benzene rings is 2. The van der Waals surface area contributed by atoms with Crippen molar-refractivity contribution in [2.24, 2.45) is 0 Å². The Balaban J connectivity index is 1.48. The number of methoxy groups -OCH3 is 1. The van der Waals surface area contributed by atoms with Gasteiger partial charge in [0.25, 0.3) is 0 Å². The van der Waals surface area contributed by atoms with Crippen LogP contribution in [0.2, 0.25) is 0 Å². The molecule has 5 nitrogen and oxygen atoms in total. The van der Waals surface area contributed by atoms with E-state index in [-0.39, 0.29) is 5.91 Å². The van der Waals surface area contributed by atoms with Gasteiger partial charge < -0.3 is 19.4 Å². The molecule has 1 aliphatic heterocycles. The number of ether oxygens (including phenoxy) is 1. The molecule has 0 atom stereocenters. The summed E-state index contributed by atoms with van der Waals surface area (Å²) in [5.74, 6) is 1.12. The van der Waals surface area contributed by atoms with Gasteiger partial charge in [-0.15, -0.1) is 0 Å². The molecule has 0 N–H and O–H groups in total. The summed E-state index contributed by atoms with van der Waals surface area (Å²) in [4.78, 5) is 19.2. The van der Waals surface area contributed by atoms with Gasteiger partial charge in [-0.1, -0.05) is 18.2 Å². The molecule has 0 aromatic heterocycles. The summed E-state index contributed by atoms with van der Waals surface area (Å²) in [6, 6.07) is 18.4. The molecule has 0 bridgehead atoms. The van der Waals surface area contributed by atoms with Gasteiger partial charge in [0.1, 0.15) is 5.75 Å². The van der Waals surface area contributed by atoms with Crippen LogP contribution in [-0.4, -0.2) is 57.2 Å². The number of nitrogens with zero attached hydrogens (tertiary/aromatic N) is 3. The first-order chi connectivity index (χ1) is 13.2. The Bertz CT molecular complexity index is 710. The number of amides is 1. The van der Waals surface area contributed by atoms with Crippen LogP contribution in [-0.2, 0) is 4.79 Å². The van der Waals surface area contributed by atoms with Gasteiger partial charge in [0, 0.05) is 57.1 Å². The maximum absolute atomic E-state index is 12.6. The Hall–Kier alpha value is -2.69. The zero-order chi connectivity index (χ0) is 19.1. The van der Waals surface area contributed by atoms with E-state index in [9.17, 15) is 4.79 Å². The van der Waals surface area contributed by atoms with E-state index in [1.807, 2.05) is 35.2 Å². The largest absolute Gasteiger partial charge is 0.497 e. The van der Waals surface area contributed by atoms with E-state index in [1.54, 1.807) is 7.11 Å². The predicted octanol–water partition coefficient (Wildman–Crippen LogP) is 3.26. The van der Waals surface area contributed by atoms with Crippen LogP contribution in [0, 0.1) is 0 Å². The Morgan fingerprint density at radius 3 is 2.26 bits per heavy atom. The molecule has 0 spiro atoms. The molecule has 1 amide bonds. The Kier molecular flexibility index (Phi) is 6.58. The van der Waals surface area contributed by atoms with E-state index in [1.165, 1.54) is 11.4 Å². The summed E-state index contributed by atoms with van der Waals surface area (Å²) in [6.07, 6.45) is 0.561. The zero-order valence-electron chi connectivity index (χ0n) is 16.3. The second-order valence-corrected chi connectivity index (χ2v) is 6.73. The summed E-state index contributed by atoms with van der Waals surface area (Å²) < 4.78 is 5.22. The van der Waals surface area contributed by atoms with E-state index >= 15 is 0 Å². The molecular weight excluding hydrogens is 338 g/mol. The topological polar surface area (TPSA) is 36.0 Å². The van der Waals surface area contributed by atoms with Crippen molar-refractivity contribution >= 4 is 17.3 Å². The molecule has 144 valence electrons. The van der Waals surface area contributed by atoms with Gasteiger partial charge in [0.2, 0.25) is 5.91 Å². The Labute approximate surface area is 162 Å². The summed E-state index contributed by atoms with van der Waals surface area (Å²) in [5, 5.41) is 0. The molecule has 2 aromatic rings. The number of anilines is 2. The van der Waals surface area contributed by atoms with Gasteiger partial charge in [-0.25, -0.2) is 0 Å². The van der Waals surface area contributed by atoms with Crippen LogP contribution in [0.1, 0.15) is 13.3 Å². The second kappa shape index (κ2) is 9.31. The lowest BCUT2D eigenvalue weighted by Crippen LogP contribution is -2.49. The molecule has 0 saturated carbocycles. The molecule has 1 saturated heterocycles. The molecular formula is C22H29N3O2. The van der Waals surface area contributed by atoms with Gasteiger partial charge in [-0.05, 0) is 43.3 Å². The highest BCUT2D eigenvalue weighted by molar-refractivity contribution is 5.77. The van der Waals surface area contributed by atoms with Crippen LogP contribution >= 0.6 is 0 Å². The van der Waals surface area contributed by atoms with Crippen LogP contribution in [0.25, 0.3) is 0 Å². The standard InChI is InChI=1S/C22H29N3O2/c1-3-23(19-7-5-4-6-8-19)14-13-22(26)25-17-15-24(16-18-25)20-9-11-21(27-2)12-10-20/h4-12H,3,13-18H2,1-2H3. The lowest BCUT2D eigenvalue weighted by molar-refractivity contribution is -0.131. The maximum Gasteiger partial charge on any atom is 0.224 e. The number of hydrogen-bond acceptors (Lipinski definition) is 4. The monoisotopic (exact) mass is 367 g/mol. The van der Waals surface area contributed by atoms with Crippen LogP contribution < -0.4 is 14.5 Å². The average molecular weight is 367 g/mol. The van der Waals surface area contributed by atoms with Crippen molar-refractivity contribution in [1.29, 1.82) is 0 Å². The Morgan fingerprint density at radius 1 is 1.00 bits per heavy atom. The lowest BCUT2D eigenvalue weighted by Gasteiger charge is -2.36. The highest BCUT2D eigenvalue weighted by atomic mass is 16.5. The molecule has 1 aliphatic rings. The van der Waals surface area contributed by atoms with Gasteiger partial charge in [0.05, 0.1) is 7.11 Å².